The summed E-state index contributed by atoms with van der Waals surface area (Å²) in [4.78, 5) is 18.9. The number of pyridine rings is 1. The van der Waals surface area contributed by atoms with Crippen LogP contribution in [-0.4, -0.2) is 52.3 Å². The van der Waals surface area contributed by atoms with Crippen LogP contribution in [0.25, 0.3) is 0 Å². The monoisotopic (exact) mass is 383 g/mol. The number of likely N-dealkylation sites (tertiary alicyclic amines) is 1. The van der Waals surface area contributed by atoms with Gasteiger partial charge in [0.1, 0.15) is 11.4 Å². The molecule has 1 amide bonds. The van der Waals surface area contributed by atoms with E-state index < -0.39 is 0 Å². The van der Waals surface area contributed by atoms with Crippen LogP contribution in [0.2, 0.25) is 0 Å². The molecule has 0 bridgehead atoms. The highest BCUT2D eigenvalue weighted by atomic mass is 16.5. The molecular formula is C21H25N3O4. The minimum atomic E-state index is -0.290. The number of ether oxygens (including phenoxy) is 2. The van der Waals surface area contributed by atoms with Crippen LogP contribution in [0.1, 0.15) is 59.2 Å². The summed E-state index contributed by atoms with van der Waals surface area (Å²) in [7, 11) is 0. The lowest BCUT2D eigenvalue weighted by Crippen LogP contribution is -2.67. The van der Waals surface area contributed by atoms with E-state index in [0.717, 1.165) is 42.8 Å². The molecule has 1 atom stereocenters. The van der Waals surface area contributed by atoms with Crippen molar-refractivity contribution in [2.75, 3.05) is 19.7 Å². The Bertz CT molecular complexity index is 870. The molecule has 2 saturated heterocycles. The molecule has 28 heavy (non-hydrogen) atoms. The van der Waals surface area contributed by atoms with Gasteiger partial charge in [0.2, 0.25) is 0 Å². The molecule has 0 radical (unpaired) electrons. The van der Waals surface area contributed by atoms with E-state index in [9.17, 15) is 4.79 Å². The average molecular weight is 383 g/mol. The molecule has 0 unspecified atom stereocenters. The zero-order valence-corrected chi connectivity index (χ0v) is 16.1. The van der Waals surface area contributed by atoms with Crippen LogP contribution in [0.5, 0.6) is 0 Å². The van der Waals surface area contributed by atoms with E-state index >= 15 is 0 Å². The molecular weight excluding hydrogens is 358 g/mol. The van der Waals surface area contributed by atoms with Gasteiger partial charge in [-0.3, -0.25) is 9.78 Å². The van der Waals surface area contributed by atoms with E-state index in [1.807, 2.05) is 25.1 Å². The summed E-state index contributed by atoms with van der Waals surface area (Å²) in [5, 5.41) is 3.96. The molecule has 4 heterocycles. The maximum Gasteiger partial charge on any atom is 0.276 e. The molecule has 1 spiro atoms. The van der Waals surface area contributed by atoms with Gasteiger partial charge in [0.05, 0.1) is 31.5 Å². The van der Waals surface area contributed by atoms with E-state index in [1.165, 1.54) is 0 Å². The van der Waals surface area contributed by atoms with Gasteiger partial charge >= 0.3 is 0 Å². The molecule has 1 saturated carbocycles. The van der Waals surface area contributed by atoms with Crippen molar-refractivity contribution in [2.24, 2.45) is 0 Å². The van der Waals surface area contributed by atoms with Crippen molar-refractivity contribution in [3.8, 4) is 0 Å². The molecule has 2 aromatic heterocycles. The van der Waals surface area contributed by atoms with Gasteiger partial charge in [-0.2, -0.15) is 0 Å². The zero-order valence-electron chi connectivity index (χ0n) is 16.1. The van der Waals surface area contributed by atoms with Crippen molar-refractivity contribution in [3.05, 3.63) is 47.1 Å². The van der Waals surface area contributed by atoms with Crippen molar-refractivity contribution in [1.82, 2.24) is 15.0 Å². The van der Waals surface area contributed by atoms with E-state index in [0.29, 0.717) is 37.9 Å². The summed E-state index contributed by atoms with van der Waals surface area (Å²) in [5.74, 6) is 1.22. The molecule has 2 aromatic rings. The van der Waals surface area contributed by atoms with Gasteiger partial charge in [-0.25, -0.2) is 0 Å². The number of carbonyl (C=O) groups is 1. The second-order valence-corrected chi connectivity index (χ2v) is 8.28. The van der Waals surface area contributed by atoms with Gasteiger partial charge < -0.3 is 18.9 Å². The number of nitrogens with zero attached hydrogens (tertiary/aromatic N) is 3. The Morgan fingerprint density at radius 1 is 1.32 bits per heavy atom. The predicted molar refractivity (Wildman–Crippen MR) is 99.8 cm³/mol. The molecule has 1 aliphatic carbocycles. The number of rotatable bonds is 5. The summed E-state index contributed by atoms with van der Waals surface area (Å²) in [6, 6.07) is 7.77. The normalized spacial score (nSPS) is 23.6. The predicted octanol–water partition coefficient (Wildman–Crippen LogP) is 2.85. The summed E-state index contributed by atoms with van der Waals surface area (Å²) in [5.41, 5.74) is 2.06. The summed E-state index contributed by atoms with van der Waals surface area (Å²) in [6.45, 7) is 4.31. The summed E-state index contributed by atoms with van der Waals surface area (Å²) < 4.78 is 17.4. The second-order valence-electron chi connectivity index (χ2n) is 8.28. The SMILES string of the molecule is Cc1cccc(CO[C@@H]2CCOC3(C2)CN(C(=O)c2cc(C4CC4)on2)C3)n1. The Labute approximate surface area is 164 Å². The molecule has 148 valence electrons. The number of aryl methyl sites for hydroxylation is 1. The lowest BCUT2D eigenvalue weighted by molar-refractivity contribution is -0.188. The molecule has 7 nitrogen and oxygen atoms in total. The number of carbonyl (C=O) groups excluding carboxylic acids is 1. The third-order valence-corrected chi connectivity index (χ3v) is 5.83. The average Bonchev–Trinajstić information content (AvgIpc) is 3.41. The van der Waals surface area contributed by atoms with Gasteiger partial charge in [0, 0.05) is 30.7 Å². The first kappa shape index (κ1) is 17.8. The molecule has 5 rings (SSSR count). The Morgan fingerprint density at radius 3 is 2.96 bits per heavy atom. The van der Waals surface area contributed by atoms with Crippen molar-refractivity contribution >= 4 is 5.91 Å². The Kier molecular flexibility index (Phi) is 4.44. The number of hydrogen-bond acceptors (Lipinski definition) is 6. The quantitative estimate of drug-likeness (QED) is 0.790. The topological polar surface area (TPSA) is 77.7 Å². The van der Waals surface area contributed by atoms with E-state index in [1.54, 1.807) is 11.0 Å². The highest BCUT2D eigenvalue weighted by Gasteiger charge is 2.50. The number of aromatic nitrogens is 2. The third kappa shape index (κ3) is 3.56. The highest BCUT2D eigenvalue weighted by Crippen LogP contribution is 2.41. The van der Waals surface area contributed by atoms with Gasteiger partial charge in [0.25, 0.3) is 5.91 Å². The van der Waals surface area contributed by atoms with Gasteiger partial charge in [0.15, 0.2) is 5.69 Å². The lowest BCUT2D eigenvalue weighted by atomic mass is 9.84. The molecule has 3 fully saturated rings. The Hall–Kier alpha value is -2.25. The number of amides is 1. The minimum Gasteiger partial charge on any atom is -0.372 e. The standard InChI is InChI=1S/C21H25N3O4/c1-14-3-2-4-16(22-14)11-26-17-7-8-27-21(10-17)12-24(13-21)20(25)18-9-19(28-23-18)15-5-6-15/h2-4,9,15,17H,5-8,10-13H2,1H3/t17-/m1/s1. The zero-order chi connectivity index (χ0) is 19.1. The molecule has 2 aliphatic heterocycles. The molecule has 7 heteroatoms. The van der Waals surface area contributed by atoms with Crippen molar-refractivity contribution in [2.45, 2.75) is 56.8 Å². The Morgan fingerprint density at radius 2 is 2.18 bits per heavy atom. The van der Waals surface area contributed by atoms with E-state index in [-0.39, 0.29) is 17.6 Å². The molecule has 3 aliphatic rings. The van der Waals surface area contributed by atoms with Crippen LogP contribution in [0.4, 0.5) is 0 Å². The van der Waals surface area contributed by atoms with Crippen molar-refractivity contribution in [1.29, 1.82) is 0 Å². The van der Waals surface area contributed by atoms with Crippen molar-refractivity contribution in [3.63, 3.8) is 0 Å². The minimum absolute atomic E-state index is 0.0723. The third-order valence-electron chi connectivity index (χ3n) is 5.83. The van der Waals surface area contributed by atoms with Crippen LogP contribution in [0, 0.1) is 6.92 Å². The van der Waals surface area contributed by atoms with E-state index in [2.05, 4.69) is 10.1 Å². The van der Waals surface area contributed by atoms with Crippen LogP contribution in [0.15, 0.2) is 28.8 Å². The fourth-order valence-electron chi connectivity index (χ4n) is 4.13. The fourth-order valence-corrected chi connectivity index (χ4v) is 4.13. The maximum atomic E-state index is 12.6. The maximum absolute atomic E-state index is 12.6. The second kappa shape index (κ2) is 6.97. The lowest BCUT2D eigenvalue weighted by Gasteiger charge is -2.52. The summed E-state index contributed by atoms with van der Waals surface area (Å²) in [6.07, 6.45) is 4.05. The first-order valence-corrected chi connectivity index (χ1v) is 10.0. The van der Waals surface area contributed by atoms with E-state index in [4.69, 9.17) is 14.0 Å². The van der Waals surface area contributed by atoms with Crippen LogP contribution in [-0.2, 0) is 16.1 Å². The van der Waals surface area contributed by atoms with Crippen LogP contribution >= 0.6 is 0 Å². The molecule has 0 aromatic carbocycles. The Balaban J connectivity index is 1.15. The summed E-state index contributed by atoms with van der Waals surface area (Å²) >= 11 is 0. The fraction of sp³-hybridized carbons (Fsp3) is 0.571. The highest BCUT2D eigenvalue weighted by molar-refractivity contribution is 5.93. The first-order valence-electron chi connectivity index (χ1n) is 10.0. The molecule has 0 N–H and O–H groups in total. The first-order chi connectivity index (χ1) is 13.6. The van der Waals surface area contributed by atoms with Gasteiger partial charge in [-0.1, -0.05) is 11.2 Å². The van der Waals surface area contributed by atoms with Crippen LogP contribution < -0.4 is 0 Å². The smallest absolute Gasteiger partial charge is 0.276 e. The largest absolute Gasteiger partial charge is 0.372 e. The van der Waals surface area contributed by atoms with Gasteiger partial charge in [-0.15, -0.1) is 0 Å². The van der Waals surface area contributed by atoms with Gasteiger partial charge in [-0.05, 0) is 38.3 Å². The number of hydrogen-bond donors (Lipinski definition) is 0. The van der Waals surface area contributed by atoms with Crippen LogP contribution in [0.3, 0.4) is 0 Å². The van der Waals surface area contributed by atoms with Crippen molar-refractivity contribution < 1.29 is 18.8 Å².